The summed E-state index contributed by atoms with van der Waals surface area (Å²) in [5, 5.41) is 6.95. The number of carbonyl (C=O) groups is 1. The number of nitrogens with one attached hydrogen (secondary N) is 2. The minimum atomic E-state index is -0.218. The zero-order valence-electron chi connectivity index (χ0n) is 14.7. The lowest BCUT2D eigenvalue weighted by atomic mass is 10.1. The second-order valence-corrected chi connectivity index (χ2v) is 7.33. The van der Waals surface area contributed by atoms with E-state index in [1.165, 1.54) is 11.3 Å². The average molecular weight is 398 g/mol. The number of rotatable bonds is 4. The summed E-state index contributed by atoms with van der Waals surface area (Å²) in [5.41, 5.74) is 4.38. The second-order valence-electron chi connectivity index (χ2n) is 6.04. The van der Waals surface area contributed by atoms with Gasteiger partial charge in [0.1, 0.15) is 5.75 Å². The zero-order chi connectivity index (χ0) is 19.0. The van der Waals surface area contributed by atoms with Crippen LogP contribution in [0, 0.1) is 6.92 Å². The van der Waals surface area contributed by atoms with Crippen LogP contribution in [0.25, 0.3) is 22.2 Å². The molecule has 7 heteroatoms. The van der Waals surface area contributed by atoms with E-state index in [-0.39, 0.29) is 5.91 Å². The number of aromatic nitrogens is 2. The van der Waals surface area contributed by atoms with Crippen molar-refractivity contribution in [3.8, 4) is 17.0 Å². The molecule has 1 amide bonds. The van der Waals surface area contributed by atoms with Gasteiger partial charge in [-0.1, -0.05) is 11.6 Å². The molecule has 0 spiro atoms. The molecule has 2 N–H and O–H groups in total. The number of anilines is 1. The Morgan fingerprint density at radius 3 is 2.74 bits per heavy atom. The van der Waals surface area contributed by atoms with Crippen LogP contribution in [0.5, 0.6) is 5.75 Å². The Morgan fingerprint density at radius 2 is 2.00 bits per heavy atom. The fraction of sp³-hybridized carbons (Fsp3) is 0.100. The van der Waals surface area contributed by atoms with Gasteiger partial charge in [-0.15, -0.1) is 11.3 Å². The molecule has 0 atom stereocenters. The first-order valence-corrected chi connectivity index (χ1v) is 9.50. The zero-order valence-corrected chi connectivity index (χ0v) is 16.2. The van der Waals surface area contributed by atoms with Crippen molar-refractivity contribution in [1.82, 2.24) is 9.97 Å². The highest BCUT2D eigenvalue weighted by atomic mass is 35.5. The molecule has 0 fully saturated rings. The lowest BCUT2D eigenvalue weighted by Gasteiger charge is -2.02. The fourth-order valence-electron chi connectivity index (χ4n) is 2.98. The van der Waals surface area contributed by atoms with Crippen molar-refractivity contribution in [3.63, 3.8) is 0 Å². The first kappa shape index (κ1) is 17.6. The summed E-state index contributed by atoms with van der Waals surface area (Å²) < 4.78 is 5.34. The Bertz CT molecular complexity index is 1130. The van der Waals surface area contributed by atoms with Crippen LogP contribution in [0.1, 0.15) is 16.1 Å². The van der Waals surface area contributed by atoms with Crippen molar-refractivity contribution in [3.05, 3.63) is 64.1 Å². The van der Waals surface area contributed by atoms with E-state index in [0.29, 0.717) is 15.7 Å². The fourth-order valence-corrected chi connectivity index (χ4v) is 3.80. The number of amides is 1. The van der Waals surface area contributed by atoms with Crippen molar-refractivity contribution in [2.24, 2.45) is 0 Å². The standard InChI is InChI=1S/C20H16ClN3O2S/c1-11-18(15-9-14(26-2)7-8-16(15)22-11)17-10-27-20(23-17)24-19(25)12-3-5-13(21)6-4-12/h3-10,22H,1-2H3,(H,23,24,25). The topological polar surface area (TPSA) is 67.0 Å². The number of H-pyrrole nitrogens is 1. The Hall–Kier alpha value is -2.83. The first-order chi connectivity index (χ1) is 13.0. The first-order valence-electron chi connectivity index (χ1n) is 8.24. The highest BCUT2D eigenvalue weighted by Crippen LogP contribution is 2.35. The van der Waals surface area contributed by atoms with E-state index in [9.17, 15) is 4.79 Å². The third-order valence-corrected chi connectivity index (χ3v) is 5.29. The second kappa shape index (κ2) is 7.06. The van der Waals surface area contributed by atoms with Gasteiger partial charge in [0.25, 0.3) is 5.91 Å². The van der Waals surface area contributed by atoms with Gasteiger partial charge in [0.15, 0.2) is 5.13 Å². The SMILES string of the molecule is COc1ccc2[nH]c(C)c(-c3csc(NC(=O)c4ccc(Cl)cc4)n3)c2c1. The van der Waals surface area contributed by atoms with Gasteiger partial charge in [0.2, 0.25) is 0 Å². The quantitative estimate of drug-likeness (QED) is 0.476. The number of benzene rings is 2. The largest absolute Gasteiger partial charge is 0.497 e. The molecule has 4 aromatic rings. The van der Waals surface area contributed by atoms with Gasteiger partial charge in [-0.3, -0.25) is 10.1 Å². The molecule has 0 saturated carbocycles. The third-order valence-electron chi connectivity index (χ3n) is 4.28. The van der Waals surface area contributed by atoms with Crippen LogP contribution in [0.15, 0.2) is 47.8 Å². The number of aryl methyl sites for hydroxylation is 1. The summed E-state index contributed by atoms with van der Waals surface area (Å²) >= 11 is 7.25. The Morgan fingerprint density at radius 1 is 1.22 bits per heavy atom. The number of ether oxygens (including phenoxy) is 1. The Kier molecular flexibility index (Phi) is 4.59. The number of halogens is 1. The highest BCUT2D eigenvalue weighted by molar-refractivity contribution is 7.14. The van der Waals surface area contributed by atoms with Crippen molar-refractivity contribution < 1.29 is 9.53 Å². The van der Waals surface area contributed by atoms with Crippen molar-refractivity contribution in [2.45, 2.75) is 6.92 Å². The third kappa shape index (κ3) is 3.41. The number of hydrogen-bond acceptors (Lipinski definition) is 4. The van der Waals surface area contributed by atoms with E-state index in [4.69, 9.17) is 16.3 Å². The molecule has 0 saturated heterocycles. The van der Waals surface area contributed by atoms with Crippen molar-refractivity contribution in [1.29, 1.82) is 0 Å². The maximum Gasteiger partial charge on any atom is 0.257 e. The molecule has 0 radical (unpaired) electrons. The molecular formula is C20H16ClN3O2S. The number of thiazole rings is 1. The molecule has 4 rings (SSSR count). The minimum absolute atomic E-state index is 0.218. The highest BCUT2D eigenvalue weighted by Gasteiger charge is 2.16. The minimum Gasteiger partial charge on any atom is -0.497 e. The van der Waals surface area contributed by atoms with Gasteiger partial charge >= 0.3 is 0 Å². The smallest absolute Gasteiger partial charge is 0.257 e. The maximum atomic E-state index is 12.4. The summed E-state index contributed by atoms with van der Waals surface area (Å²) in [4.78, 5) is 20.3. The van der Waals surface area contributed by atoms with Crippen LogP contribution in [0.3, 0.4) is 0 Å². The van der Waals surface area contributed by atoms with E-state index in [0.717, 1.165) is 33.6 Å². The van der Waals surface area contributed by atoms with Crippen LogP contribution in [0.2, 0.25) is 5.02 Å². The van der Waals surface area contributed by atoms with Crippen molar-refractivity contribution in [2.75, 3.05) is 12.4 Å². The molecule has 0 unspecified atom stereocenters. The van der Waals surface area contributed by atoms with E-state index in [1.54, 1.807) is 31.4 Å². The molecule has 2 aromatic heterocycles. The monoisotopic (exact) mass is 397 g/mol. The molecule has 2 aromatic carbocycles. The van der Waals surface area contributed by atoms with E-state index < -0.39 is 0 Å². The number of nitrogens with zero attached hydrogens (tertiary/aromatic N) is 1. The van der Waals surface area contributed by atoms with Crippen LogP contribution >= 0.6 is 22.9 Å². The summed E-state index contributed by atoms with van der Waals surface area (Å²) in [7, 11) is 1.65. The molecule has 136 valence electrons. The molecule has 0 bridgehead atoms. The Labute approximate surface area is 165 Å². The van der Waals surface area contributed by atoms with E-state index >= 15 is 0 Å². The molecule has 27 heavy (non-hydrogen) atoms. The van der Waals surface area contributed by atoms with Gasteiger partial charge in [0, 0.05) is 38.1 Å². The van der Waals surface area contributed by atoms with E-state index in [2.05, 4.69) is 15.3 Å². The molecule has 0 aliphatic heterocycles. The van der Waals surface area contributed by atoms with Gasteiger partial charge in [-0.2, -0.15) is 0 Å². The van der Waals surface area contributed by atoms with Gasteiger partial charge in [-0.25, -0.2) is 4.98 Å². The summed E-state index contributed by atoms with van der Waals surface area (Å²) in [5.74, 6) is 0.569. The van der Waals surface area contributed by atoms with Gasteiger partial charge in [0.05, 0.1) is 12.8 Å². The number of methoxy groups -OCH3 is 1. The van der Waals surface area contributed by atoms with Crippen LogP contribution in [0.4, 0.5) is 5.13 Å². The van der Waals surface area contributed by atoms with Crippen LogP contribution < -0.4 is 10.1 Å². The number of hydrogen-bond donors (Lipinski definition) is 2. The van der Waals surface area contributed by atoms with Crippen molar-refractivity contribution >= 4 is 44.9 Å². The van der Waals surface area contributed by atoms with Gasteiger partial charge in [-0.05, 0) is 49.4 Å². The molecule has 5 nitrogen and oxygen atoms in total. The number of fused-ring (bicyclic) bond motifs is 1. The lowest BCUT2D eigenvalue weighted by Crippen LogP contribution is -2.11. The molecule has 0 aliphatic rings. The average Bonchev–Trinajstić information content (AvgIpc) is 3.24. The predicted molar refractivity (Wildman–Crippen MR) is 110 cm³/mol. The number of aromatic amines is 1. The van der Waals surface area contributed by atoms with Crippen LogP contribution in [-0.4, -0.2) is 23.0 Å². The Balaban J connectivity index is 1.64. The summed E-state index contributed by atoms with van der Waals surface area (Å²) in [6.45, 7) is 2.01. The molecular weight excluding hydrogens is 382 g/mol. The summed E-state index contributed by atoms with van der Waals surface area (Å²) in [6, 6.07) is 12.6. The maximum absolute atomic E-state index is 12.4. The predicted octanol–water partition coefficient (Wildman–Crippen LogP) is 5.51. The molecule has 2 heterocycles. The van der Waals surface area contributed by atoms with Gasteiger partial charge < -0.3 is 9.72 Å². The van der Waals surface area contributed by atoms with Crippen LogP contribution in [-0.2, 0) is 0 Å². The summed E-state index contributed by atoms with van der Waals surface area (Å²) in [6.07, 6.45) is 0. The normalized spacial score (nSPS) is 10.9. The van der Waals surface area contributed by atoms with E-state index in [1.807, 2.05) is 30.5 Å². The molecule has 0 aliphatic carbocycles. The number of carbonyl (C=O) groups excluding carboxylic acids is 1. The lowest BCUT2D eigenvalue weighted by molar-refractivity contribution is 0.102.